The molecule has 0 saturated carbocycles. The Morgan fingerprint density at radius 2 is 1.84 bits per heavy atom. The molecular weight excluding hydrogens is 241 g/mol. The van der Waals surface area contributed by atoms with Crippen molar-refractivity contribution < 1.29 is 9.50 Å². The molecule has 0 aliphatic heterocycles. The van der Waals surface area contributed by atoms with Crippen LogP contribution < -0.4 is 4.90 Å². The minimum atomic E-state index is -0.785. The Balaban J connectivity index is 3.07. The number of aliphatic hydroxyl groups is 1. The van der Waals surface area contributed by atoms with E-state index in [-0.39, 0.29) is 5.82 Å². The van der Waals surface area contributed by atoms with Crippen LogP contribution >= 0.6 is 0 Å². The number of hydrogen-bond donors (Lipinski definition) is 1. The summed E-state index contributed by atoms with van der Waals surface area (Å²) in [6.07, 6.45) is 1.45. The highest BCUT2D eigenvalue weighted by atomic mass is 19.1. The molecule has 1 aromatic carbocycles. The zero-order chi connectivity index (χ0) is 14.4. The summed E-state index contributed by atoms with van der Waals surface area (Å²) in [6, 6.07) is 5.03. The third-order valence-corrected chi connectivity index (χ3v) is 3.80. The van der Waals surface area contributed by atoms with Crippen molar-refractivity contribution >= 4 is 5.69 Å². The molecule has 0 aliphatic rings. The lowest BCUT2D eigenvalue weighted by Gasteiger charge is -2.30. The molecule has 0 bridgehead atoms. The molecule has 1 N–H and O–H groups in total. The van der Waals surface area contributed by atoms with E-state index in [1.165, 1.54) is 6.07 Å². The van der Waals surface area contributed by atoms with Crippen LogP contribution in [0.4, 0.5) is 10.1 Å². The fourth-order valence-corrected chi connectivity index (χ4v) is 2.47. The maximum Gasteiger partial charge on any atom is 0.131 e. The quantitative estimate of drug-likeness (QED) is 0.802. The van der Waals surface area contributed by atoms with E-state index < -0.39 is 6.10 Å². The summed E-state index contributed by atoms with van der Waals surface area (Å²) in [5.41, 5.74) is 1.24. The van der Waals surface area contributed by atoms with E-state index in [4.69, 9.17) is 0 Å². The second-order valence-corrected chi connectivity index (χ2v) is 5.07. The van der Waals surface area contributed by atoms with Crippen LogP contribution in [0.25, 0.3) is 0 Å². The van der Waals surface area contributed by atoms with Gasteiger partial charge in [0.25, 0.3) is 0 Å². The lowest BCUT2D eigenvalue weighted by molar-refractivity contribution is 0.194. The molecule has 2 nitrogen and oxygen atoms in total. The van der Waals surface area contributed by atoms with Gasteiger partial charge in [-0.3, -0.25) is 0 Å². The molecule has 0 aliphatic carbocycles. The van der Waals surface area contributed by atoms with Gasteiger partial charge >= 0.3 is 0 Å². The molecular formula is C16H26FNO. The zero-order valence-corrected chi connectivity index (χ0v) is 12.5. The maximum absolute atomic E-state index is 13.9. The molecule has 0 saturated heterocycles. The minimum Gasteiger partial charge on any atom is -0.389 e. The van der Waals surface area contributed by atoms with Crippen LogP contribution in [0.2, 0.25) is 0 Å². The molecule has 108 valence electrons. The van der Waals surface area contributed by atoms with Crippen LogP contribution in [0.3, 0.4) is 0 Å². The molecule has 0 fully saturated rings. The molecule has 0 radical (unpaired) electrons. The van der Waals surface area contributed by atoms with Crippen molar-refractivity contribution in [3.8, 4) is 0 Å². The molecule has 3 heteroatoms. The number of anilines is 1. The van der Waals surface area contributed by atoms with E-state index in [0.29, 0.717) is 11.5 Å². The van der Waals surface area contributed by atoms with Gasteiger partial charge in [-0.1, -0.05) is 32.8 Å². The van der Waals surface area contributed by atoms with Crippen LogP contribution in [0.15, 0.2) is 18.2 Å². The van der Waals surface area contributed by atoms with E-state index in [1.54, 1.807) is 13.0 Å². The first-order valence-electron chi connectivity index (χ1n) is 7.26. The van der Waals surface area contributed by atoms with E-state index >= 15 is 0 Å². The average Bonchev–Trinajstić information content (AvgIpc) is 2.39. The molecule has 1 atom stereocenters. The van der Waals surface area contributed by atoms with Crippen LogP contribution in [0, 0.1) is 11.7 Å². The van der Waals surface area contributed by atoms with Crippen LogP contribution in [0.5, 0.6) is 0 Å². The Kier molecular flexibility index (Phi) is 6.29. The molecule has 1 rings (SSSR count). The highest BCUT2D eigenvalue weighted by Gasteiger charge is 2.19. The van der Waals surface area contributed by atoms with E-state index in [9.17, 15) is 9.50 Å². The van der Waals surface area contributed by atoms with Crippen LogP contribution in [-0.2, 0) is 0 Å². The number of hydrogen-bond acceptors (Lipinski definition) is 2. The van der Waals surface area contributed by atoms with E-state index in [1.807, 2.05) is 6.07 Å². The lowest BCUT2D eigenvalue weighted by atomic mass is 10.0. The Morgan fingerprint density at radius 1 is 1.21 bits per heavy atom. The summed E-state index contributed by atoms with van der Waals surface area (Å²) in [4.78, 5) is 2.17. The molecule has 1 aromatic rings. The van der Waals surface area contributed by atoms with Gasteiger partial charge in [-0.25, -0.2) is 4.39 Å². The molecule has 0 spiro atoms. The fraction of sp³-hybridized carbons (Fsp3) is 0.625. The molecule has 0 heterocycles. The predicted octanol–water partition coefficient (Wildman–Crippen LogP) is 4.14. The van der Waals surface area contributed by atoms with Crippen molar-refractivity contribution in [1.29, 1.82) is 0 Å². The standard InChI is InChI=1S/C16H26FNO/c1-5-13(6-2)11-18(7-3)15-10-8-9-14(17)16(15)12(4)19/h8-10,12-13,19H,5-7,11H2,1-4H3/t12-/m1/s1. The fourth-order valence-electron chi connectivity index (χ4n) is 2.47. The van der Waals surface area contributed by atoms with Gasteiger partial charge in [0.05, 0.1) is 6.10 Å². The average molecular weight is 267 g/mol. The van der Waals surface area contributed by atoms with Crippen molar-refractivity contribution in [3.05, 3.63) is 29.6 Å². The number of rotatable bonds is 7. The van der Waals surface area contributed by atoms with Crippen LogP contribution in [0.1, 0.15) is 52.2 Å². The summed E-state index contributed by atoms with van der Waals surface area (Å²) in [5, 5.41) is 9.81. The van der Waals surface area contributed by atoms with Gasteiger partial charge in [0.2, 0.25) is 0 Å². The second kappa shape index (κ2) is 7.49. The van der Waals surface area contributed by atoms with Gasteiger partial charge in [0, 0.05) is 24.3 Å². The van der Waals surface area contributed by atoms with Crippen molar-refractivity contribution in [1.82, 2.24) is 0 Å². The summed E-state index contributed by atoms with van der Waals surface area (Å²) in [6.45, 7) is 9.78. The first kappa shape index (κ1) is 16.0. The van der Waals surface area contributed by atoms with Gasteiger partial charge in [0.15, 0.2) is 0 Å². The van der Waals surface area contributed by atoms with Gasteiger partial charge in [-0.2, -0.15) is 0 Å². The van der Waals surface area contributed by atoms with Crippen molar-refractivity contribution in [2.45, 2.75) is 46.6 Å². The highest BCUT2D eigenvalue weighted by molar-refractivity contribution is 5.55. The van der Waals surface area contributed by atoms with Crippen molar-refractivity contribution in [2.75, 3.05) is 18.0 Å². The number of benzene rings is 1. The molecule has 0 amide bonds. The number of aliphatic hydroxyl groups excluding tert-OH is 1. The lowest BCUT2D eigenvalue weighted by Crippen LogP contribution is -2.30. The van der Waals surface area contributed by atoms with Gasteiger partial charge in [-0.15, -0.1) is 0 Å². The van der Waals surface area contributed by atoms with Crippen molar-refractivity contribution in [3.63, 3.8) is 0 Å². The number of halogens is 1. The summed E-state index contributed by atoms with van der Waals surface area (Å²) >= 11 is 0. The zero-order valence-electron chi connectivity index (χ0n) is 12.5. The smallest absolute Gasteiger partial charge is 0.131 e. The monoisotopic (exact) mass is 267 g/mol. The van der Waals surface area contributed by atoms with E-state index in [0.717, 1.165) is 31.6 Å². The number of nitrogens with zero attached hydrogens (tertiary/aromatic N) is 1. The van der Waals surface area contributed by atoms with Crippen molar-refractivity contribution in [2.24, 2.45) is 5.92 Å². The predicted molar refractivity (Wildman–Crippen MR) is 79.0 cm³/mol. The Bertz CT molecular complexity index is 388. The second-order valence-electron chi connectivity index (χ2n) is 5.07. The van der Waals surface area contributed by atoms with Gasteiger partial charge in [-0.05, 0) is 31.9 Å². The third kappa shape index (κ3) is 3.93. The van der Waals surface area contributed by atoms with Gasteiger partial charge < -0.3 is 10.0 Å². The Hall–Kier alpha value is -1.09. The highest BCUT2D eigenvalue weighted by Crippen LogP contribution is 2.30. The summed E-state index contributed by atoms with van der Waals surface area (Å²) in [5.74, 6) is 0.278. The Morgan fingerprint density at radius 3 is 2.32 bits per heavy atom. The third-order valence-electron chi connectivity index (χ3n) is 3.80. The summed E-state index contributed by atoms with van der Waals surface area (Å²) < 4.78 is 13.9. The molecule has 0 aromatic heterocycles. The first-order chi connectivity index (χ1) is 9.04. The first-order valence-corrected chi connectivity index (χ1v) is 7.26. The normalized spacial score (nSPS) is 12.8. The Labute approximate surface area is 116 Å². The SMILES string of the molecule is CCC(CC)CN(CC)c1cccc(F)c1[C@@H](C)O. The molecule has 19 heavy (non-hydrogen) atoms. The topological polar surface area (TPSA) is 23.5 Å². The minimum absolute atomic E-state index is 0.324. The maximum atomic E-state index is 13.9. The van der Waals surface area contributed by atoms with Gasteiger partial charge in [0.1, 0.15) is 5.82 Å². The van der Waals surface area contributed by atoms with Crippen LogP contribution in [-0.4, -0.2) is 18.2 Å². The van der Waals surface area contributed by atoms with E-state index in [2.05, 4.69) is 25.7 Å². The molecule has 0 unspecified atom stereocenters. The summed E-state index contributed by atoms with van der Waals surface area (Å²) in [7, 11) is 0. The largest absolute Gasteiger partial charge is 0.389 e.